The molecule has 1 amide bonds. The van der Waals surface area contributed by atoms with Crippen molar-refractivity contribution in [2.75, 3.05) is 5.75 Å². The molecule has 5 nitrogen and oxygen atoms in total. The van der Waals surface area contributed by atoms with Gasteiger partial charge in [-0.1, -0.05) is 47.7 Å². The highest BCUT2D eigenvalue weighted by Gasteiger charge is 2.19. The number of rotatable bonds is 7. The number of aromatic nitrogens is 3. The Morgan fingerprint density at radius 2 is 2.00 bits per heavy atom. The molecule has 0 aliphatic heterocycles. The summed E-state index contributed by atoms with van der Waals surface area (Å²) in [6, 6.07) is 15.9. The van der Waals surface area contributed by atoms with Crippen LogP contribution in [-0.4, -0.2) is 26.4 Å². The van der Waals surface area contributed by atoms with E-state index in [2.05, 4.69) is 21.6 Å². The lowest BCUT2D eigenvalue weighted by atomic mass is 10.1. The largest absolute Gasteiger partial charge is 0.344 e. The minimum Gasteiger partial charge on any atom is -0.344 e. The second-order valence-electron chi connectivity index (χ2n) is 7.13. The maximum absolute atomic E-state index is 13.4. The maximum Gasteiger partial charge on any atom is 0.231 e. The zero-order valence-electron chi connectivity index (χ0n) is 17.1. The van der Waals surface area contributed by atoms with Crippen LogP contribution < -0.4 is 5.32 Å². The number of nitrogens with one attached hydrogen (secondary N) is 1. The topological polar surface area (TPSA) is 59.8 Å². The van der Waals surface area contributed by atoms with Crippen molar-refractivity contribution in [3.8, 4) is 5.69 Å². The van der Waals surface area contributed by atoms with Gasteiger partial charge in [0.15, 0.2) is 5.16 Å². The number of hydrogen-bond donors (Lipinski definition) is 1. The summed E-state index contributed by atoms with van der Waals surface area (Å²) in [4.78, 5) is 13.8. The van der Waals surface area contributed by atoms with Crippen molar-refractivity contribution in [1.29, 1.82) is 0 Å². The number of thiophene rings is 1. The number of carbonyl (C=O) groups is 1. The van der Waals surface area contributed by atoms with Crippen LogP contribution in [0.3, 0.4) is 0 Å². The second kappa shape index (κ2) is 9.45. The maximum atomic E-state index is 13.4. The number of aryl methyl sites for hydroxylation is 2. The number of hydrogen-bond acceptors (Lipinski definition) is 5. The van der Waals surface area contributed by atoms with E-state index in [1.165, 1.54) is 29.5 Å². The van der Waals surface area contributed by atoms with Crippen LogP contribution in [0.5, 0.6) is 0 Å². The van der Waals surface area contributed by atoms with Gasteiger partial charge in [0.1, 0.15) is 12.1 Å². The molecule has 2 aromatic carbocycles. The Kier molecular flexibility index (Phi) is 6.48. The third-order valence-electron chi connectivity index (χ3n) is 4.80. The highest BCUT2D eigenvalue weighted by molar-refractivity contribution is 7.99. The van der Waals surface area contributed by atoms with Gasteiger partial charge in [0, 0.05) is 4.88 Å². The normalized spacial score (nSPS) is 12.0. The van der Waals surface area contributed by atoms with E-state index in [4.69, 9.17) is 0 Å². The molecule has 158 valence electrons. The van der Waals surface area contributed by atoms with Gasteiger partial charge < -0.3 is 5.32 Å². The molecule has 2 heterocycles. The first-order valence-electron chi connectivity index (χ1n) is 9.70. The average Bonchev–Trinajstić information content (AvgIpc) is 3.44. The lowest BCUT2D eigenvalue weighted by Crippen LogP contribution is -2.30. The lowest BCUT2D eigenvalue weighted by molar-refractivity contribution is -0.119. The van der Waals surface area contributed by atoms with Crippen LogP contribution in [0.1, 0.15) is 27.6 Å². The van der Waals surface area contributed by atoms with Crippen LogP contribution >= 0.6 is 23.1 Å². The van der Waals surface area contributed by atoms with Crippen LogP contribution in [0.25, 0.3) is 5.69 Å². The third-order valence-corrected chi connectivity index (χ3v) is 6.68. The van der Waals surface area contributed by atoms with E-state index in [0.29, 0.717) is 5.16 Å². The van der Waals surface area contributed by atoms with Crippen molar-refractivity contribution in [1.82, 2.24) is 20.1 Å². The number of benzene rings is 2. The molecule has 0 bridgehead atoms. The molecule has 0 saturated heterocycles. The predicted octanol–water partition coefficient (Wildman–Crippen LogP) is 5.08. The molecule has 31 heavy (non-hydrogen) atoms. The van der Waals surface area contributed by atoms with E-state index < -0.39 is 0 Å². The first-order valence-corrected chi connectivity index (χ1v) is 11.6. The molecule has 0 saturated carbocycles. The fourth-order valence-corrected chi connectivity index (χ4v) is 4.86. The summed E-state index contributed by atoms with van der Waals surface area (Å²) in [7, 11) is 0. The molecule has 0 radical (unpaired) electrons. The zero-order chi connectivity index (χ0) is 21.8. The summed E-state index contributed by atoms with van der Waals surface area (Å²) in [5.74, 6) is -0.253. The average molecular weight is 453 g/mol. The van der Waals surface area contributed by atoms with Gasteiger partial charge >= 0.3 is 0 Å². The van der Waals surface area contributed by atoms with Crippen LogP contribution in [0, 0.1) is 19.7 Å². The van der Waals surface area contributed by atoms with Gasteiger partial charge in [-0.25, -0.2) is 4.39 Å². The summed E-state index contributed by atoms with van der Waals surface area (Å²) in [5, 5.41) is 13.9. The summed E-state index contributed by atoms with van der Waals surface area (Å²) < 4.78 is 15.3. The molecular formula is C23H21FN4OS2. The minimum absolute atomic E-state index is 0.136. The molecule has 1 unspecified atom stereocenters. The van der Waals surface area contributed by atoms with Gasteiger partial charge in [-0.2, -0.15) is 0 Å². The summed E-state index contributed by atoms with van der Waals surface area (Å²) >= 11 is 2.88. The molecule has 4 aromatic rings. The lowest BCUT2D eigenvalue weighted by Gasteiger charge is -2.18. The van der Waals surface area contributed by atoms with Gasteiger partial charge in [0.25, 0.3) is 0 Å². The van der Waals surface area contributed by atoms with Crippen molar-refractivity contribution in [2.24, 2.45) is 0 Å². The van der Waals surface area contributed by atoms with E-state index in [1.807, 2.05) is 48.1 Å². The smallest absolute Gasteiger partial charge is 0.231 e. The molecule has 1 atom stereocenters. The van der Waals surface area contributed by atoms with Crippen molar-refractivity contribution < 1.29 is 9.18 Å². The van der Waals surface area contributed by atoms with Gasteiger partial charge in [-0.3, -0.25) is 9.36 Å². The Morgan fingerprint density at radius 1 is 1.19 bits per heavy atom. The molecule has 0 spiro atoms. The van der Waals surface area contributed by atoms with E-state index in [0.717, 1.165) is 21.7 Å². The van der Waals surface area contributed by atoms with Gasteiger partial charge in [0.2, 0.25) is 5.91 Å². The zero-order valence-corrected chi connectivity index (χ0v) is 18.7. The third kappa shape index (κ3) is 5.03. The van der Waals surface area contributed by atoms with E-state index in [1.54, 1.807) is 29.8 Å². The number of carbonyl (C=O) groups excluding carboxylic acids is 1. The van der Waals surface area contributed by atoms with Gasteiger partial charge in [-0.15, -0.1) is 21.5 Å². The quantitative estimate of drug-likeness (QED) is 0.397. The van der Waals surface area contributed by atoms with Crippen LogP contribution in [-0.2, 0) is 4.79 Å². The molecular weight excluding hydrogens is 431 g/mol. The molecule has 1 N–H and O–H groups in total. The number of nitrogens with zero attached hydrogens (tertiary/aromatic N) is 3. The second-order valence-corrected chi connectivity index (χ2v) is 9.05. The Hall–Kier alpha value is -2.97. The van der Waals surface area contributed by atoms with Gasteiger partial charge in [-0.05, 0) is 54.6 Å². The Balaban J connectivity index is 1.47. The number of amides is 1. The molecule has 0 fully saturated rings. The highest BCUT2D eigenvalue weighted by Crippen LogP contribution is 2.27. The highest BCUT2D eigenvalue weighted by atomic mass is 32.2. The summed E-state index contributed by atoms with van der Waals surface area (Å²) in [6.45, 7) is 4.09. The Bertz CT molecular complexity index is 1170. The number of thioether (sulfide) groups is 1. The van der Waals surface area contributed by atoms with Crippen molar-refractivity contribution in [3.05, 3.63) is 93.7 Å². The van der Waals surface area contributed by atoms with Crippen LogP contribution in [0.4, 0.5) is 4.39 Å². The molecule has 4 rings (SSSR count). The molecule has 0 aliphatic carbocycles. The summed E-state index contributed by atoms with van der Waals surface area (Å²) in [6.07, 6.45) is 1.66. The number of halogens is 1. The minimum atomic E-state index is -0.328. The standard InChI is InChI=1S/C23H21FN4OS2/c1-15-5-10-19(16(2)12-15)28-14-25-27-23(28)31-13-21(29)26-22(20-4-3-11-30-20)17-6-8-18(24)9-7-17/h3-12,14,22H,13H2,1-2H3,(H,26,29). The molecule has 0 aliphatic rings. The van der Waals surface area contributed by atoms with E-state index in [9.17, 15) is 9.18 Å². The van der Waals surface area contributed by atoms with E-state index in [-0.39, 0.29) is 23.5 Å². The fourth-order valence-electron chi connectivity index (χ4n) is 3.33. The summed E-state index contributed by atoms with van der Waals surface area (Å²) in [5.41, 5.74) is 4.12. The van der Waals surface area contributed by atoms with E-state index >= 15 is 0 Å². The monoisotopic (exact) mass is 452 g/mol. The van der Waals surface area contributed by atoms with Crippen molar-refractivity contribution >= 4 is 29.0 Å². The van der Waals surface area contributed by atoms with Crippen molar-refractivity contribution in [3.63, 3.8) is 0 Å². The molecule has 2 aromatic heterocycles. The Morgan fingerprint density at radius 3 is 2.71 bits per heavy atom. The predicted molar refractivity (Wildman–Crippen MR) is 122 cm³/mol. The van der Waals surface area contributed by atoms with Crippen LogP contribution in [0.2, 0.25) is 0 Å². The van der Waals surface area contributed by atoms with Gasteiger partial charge in [0.05, 0.1) is 17.5 Å². The SMILES string of the molecule is Cc1ccc(-n2cnnc2SCC(=O)NC(c2ccc(F)cc2)c2cccs2)c(C)c1. The van der Waals surface area contributed by atoms with Crippen molar-refractivity contribution in [2.45, 2.75) is 25.0 Å². The first kappa shape index (κ1) is 21.3. The first-order chi connectivity index (χ1) is 15.0. The van der Waals surface area contributed by atoms with Crippen LogP contribution in [0.15, 0.2) is 71.5 Å². The Labute approximate surface area is 188 Å². The molecule has 8 heteroatoms. The fraction of sp³-hybridized carbons (Fsp3) is 0.174.